The first-order valence-corrected chi connectivity index (χ1v) is 6.23. The molecule has 2 rings (SSSR count). The standard InChI is InChI=1S/C10H17N3O2S/c1-14-8-9(11)13-16-10(8)12-5-4-7-3-2-6-15-7/h7,12H,2-6H2,1H3,(H2,11,13). The van der Waals surface area contributed by atoms with Crippen LogP contribution in [-0.2, 0) is 4.74 Å². The smallest absolute Gasteiger partial charge is 0.197 e. The van der Waals surface area contributed by atoms with Gasteiger partial charge in [-0.2, -0.15) is 4.37 Å². The number of nitrogens with one attached hydrogen (secondary N) is 1. The van der Waals surface area contributed by atoms with Crippen LogP contribution in [-0.4, -0.2) is 30.7 Å². The molecule has 0 aliphatic carbocycles. The highest BCUT2D eigenvalue weighted by Crippen LogP contribution is 2.34. The lowest BCUT2D eigenvalue weighted by atomic mass is 10.2. The molecule has 2 heterocycles. The number of rotatable bonds is 5. The summed E-state index contributed by atoms with van der Waals surface area (Å²) in [5.74, 6) is 1.10. The van der Waals surface area contributed by atoms with E-state index in [1.54, 1.807) is 7.11 Å². The van der Waals surface area contributed by atoms with Gasteiger partial charge in [0.25, 0.3) is 0 Å². The summed E-state index contributed by atoms with van der Waals surface area (Å²) in [4.78, 5) is 0. The molecule has 3 N–H and O–H groups in total. The van der Waals surface area contributed by atoms with Gasteiger partial charge in [-0.3, -0.25) is 0 Å². The van der Waals surface area contributed by atoms with Crippen molar-refractivity contribution in [1.29, 1.82) is 0 Å². The van der Waals surface area contributed by atoms with Crippen molar-refractivity contribution in [2.24, 2.45) is 0 Å². The number of hydrogen-bond acceptors (Lipinski definition) is 6. The summed E-state index contributed by atoms with van der Waals surface area (Å²) >= 11 is 1.33. The van der Waals surface area contributed by atoms with E-state index in [0.717, 1.165) is 24.6 Å². The molecule has 1 aliphatic rings. The van der Waals surface area contributed by atoms with Gasteiger partial charge >= 0.3 is 0 Å². The average Bonchev–Trinajstić information content (AvgIpc) is 2.89. The quantitative estimate of drug-likeness (QED) is 0.824. The van der Waals surface area contributed by atoms with E-state index in [4.69, 9.17) is 15.2 Å². The summed E-state index contributed by atoms with van der Waals surface area (Å²) in [7, 11) is 1.60. The van der Waals surface area contributed by atoms with Crippen molar-refractivity contribution in [2.75, 3.05) is 31.3 Å². The number of ether oxygens (including phenoxy) is 2. The van der Waals surface area contributed by atoms with Crippen LogP contribution in [0.3, 0.4) is 0 Å². The predicted molar refractivity (Wildman–Crippen MR) is 65.2 cm³/mol. The first-order chi connectivity index (χ1) is 7.81. The molecule has 6 heteroatoms. The van der Waals surface area contributed by atoms with Crippen molar-refractivity contribution >= 4 is 22.4 Å². The molecule has 1 saturated heterocycles. The van der Waals surface area contributed by atoms with Gasteiger partial charge in [0.15, 0.2) is 16.6 Å². The molecule has 0 amide bonds. The Hall–Kier alpha value is -1.01. The highest BCUT2D eigenvalue weighted by molar-refractivity contribution is 7.11. The van der Waals surface area contributed by atoms with Crippen molar-refractivity contribution in [3.05, 3.63) is 0 Å². The summed E-state index contributed by atoms with van der Waals surface area (Å²) in [5.41, 5.74) is 5.66. The topological polar surface area (TPSA) is 69.4 Å². The Labute approximate surface area is 99.1 Å². The molecule has 0 bridgehead atoms. The van der Waals surface area contributed by atoms with E-state index < -0.39 is 0 Å². The van der Waals surface area contributed by atoms with E-state index in [-0.39, 0.29) is 0 Å². The zero-order valence-electron chi connectivity index (χ0n) is 9.36. The van der Waals surface area contributed by atoms with Gasteiger partial charge in [0.2, 0.25) is 0 Å². The van der Waals surface area contributed by atoms with Crippen LogP contribution in [0.15, 0.2) is 0 Å². The third-order valence-corrected chi connectivity index (χ3v) is 3.45. The number of hydrogen-bond donors (Lipinski definition) is 2. The minimum absolute atomic E-state index is 0.406. The lowest BCUT2D eigenvalue weighted by Crippen LogP contribution is -2.12. The predicted octanol–water partition coefficient (Wildman–Crippen LogP) is 1.71. The summed E-state index contributed by atoms with van der Waals surface area (Å²) in [6.07, 6.45) is 3.77. The number of anilines is 2. The van der Waals surface area contributed by atoms with Crippen LogP contribution in [0.1, 0.15) is 19.3 Å². The Bertz CT molecular complexity index is 337. The molecule has 0 radical (unpaired) electrons. The molecule has 16 heavy (non-hydrogen) atoms. The number of nitrogens with zero attached hydrogens (tertiary/aromatic N) is 1. The number of aromatic nitrogens is 1. The second kappa shape index (κ2) is 5.36. The van der Waals surface area contributed by atoms with Gasteiger partial charge in [-0.25, -0.2) is 0 Å². The van der Waals surface area contributed by atoms with Crippen molar-refractivity contribution in [3.8, 4) is 5.75 Å². The lowest BCUT2D eigenvalue weighted by Gasteiger charge is -2.10. The summed E-state index contributed by atoms with van der Waals surface area (Å²) in [6, 6.07) is 0. The summed E-state index contributed by atoms with van der Waals surface area (Å²) in [5, 5.41) is 4.18. The first-order valence-electron chi connectivity index (χ1n) is 5.46. The molecule has 1 aromatic rings. The second-order valence-electron chi connectivity index (χ2n) is 3.78. The fourth-order valence-corrected chi connectivity index (χ4v) is 2.53. The molecule has 0 spiro atoms. The highest BCUT2D eigenvalue weighted by Gasteiger charge is 2.16. The normalized spacial score (nSPS) is 19.9. The van der Waals surface area contributed by atoms with E-state index in [2.05, 4.69) is 9.69 Å². The van der Waals surface area contributed by atoms with Crippen LogP contribution >= 0.6 is 11.5 Å². The molecule has 1 aromatic heterocycles. The Morgan fingerprint density at radius 1 is 1.69 bits per heavy atom. The van der Waals surface area contributed by atoms with Gasteiger partial charge < -0.3 is 20.5 Å². The minimum Gasteiger partial charge on any atom is -0.490 e. The van der Waals surface area contributed by atoms with Crippen molar-refractivity contribution in [2.45, 2.75) is 25.4 Å². The molecule has 1 aliphatic heterocycles. The monoisotopic (exact) mass is 243 g/mol. The van der Waals surface area contributed by atoms with Gasteiger partial charge in [0.05, 0.1) is 13.2 Å². The Balaban J connectivity index is 1.79. The largest absolute Gasteiger partial charge is 0.490 e. The van der Waals surface area contributed by atoms with E-state index in [9.17, 15) is 0 Å². The van der Waals surface area contributed by atoms with Crippen LogP contribution in [0.4, 0.5) is 10.8 Å². The number of methoxy groups -OCH3 is 1. The van der Waals surface area contributed by atoms with Gasteiger partial charge in [0, 0.05) is 13.2 Å². The fourth-order valence-electron chi connectivity index (χ4n) is 1.82. The van der Waals surface area contributed by atoms with Gasteiger partial charge in [-0.15, -0.1) is 0 Å². The maximum atomic E-state index is 5.66. The summed E-state index contributed by atoms with van der Waals surface area (Å²) in [6.45, 7) is 1.77. The van der Waals surface area contributed by atoms with Crippen LogP contribution in [0.2, 0.25) is 0 Å². The SMILES string of the molecule is COc1c(N)nsc1NCCC1CCCO1. The lowest BCUT2D eigenvalue weighted by molar-refractivity contribution is 0.107. The van der Waals surface area contributed by atoms with Gasteiger partial charge in [-0.1, -0.05) is 0 Å². The highest BCUT2D eigenvalue weighted by atomic mass is 32.1. The van der Waals surface area contributed by atoms with Crippen LogP contribution in [0.25, 0.3) is 0 Å². The minimum atomic E-state index is 0.406. The van der Waals surface area contributed by atoms with Crippen LogP contribution in [0, 0.1) is 0 Å². The maximum absolute atomic E-state index is 5.66. The zero-order valence-corrected chi connectivity index (χ0v) is 10.2. The van der Waals surface area contributed by atoms with Gasteiger partial charge in [0.1, 0.15) is 0 Å². The molecule has 5 nitrogen and oxygen atoms in total. The van der Waals surface area contributed by atoms with Crippen molar-refractivity contribution < 1.29 is 9.47 Å². The average molecular weight is 243 g/mol. The molecular formula is C10H17N3O2S. The van der Waals surface area contributed by atoms with E-state index >= 15 is 0 Å². The third-order valence-electron chi connectivity index (χ3n) is 2.65. The van der Waals surface area contributed by atoms with E-state index in [1.165, 1.54) is 24.4 Å². The maximum Gasteiger partial charge on any atom is 0.197 e. The zero-order chi connectivity index (χ0) is 11.4. The molecule has 90 valence electrons. The molecule has 1 atom stereocenters. The van der Waals surface area contributed by atoms with Gasteiger partial charge in [-0.05, 0) is 30.8 Å². The Morgan fingerprint density at radius 3 is 3.25 bits per heavy atom. The Morgan fingerprint density at radius 2 is 2.56 bits per heavy atom. The molecule has 1 unspecified atom stereocenters. The van der Waals surface area contributed by atoms with E-state index in [1.807, 2.05) is 0 Å². The Kier molecular flexibility index (Phi) is 3.84. The molecule has 0 aromatic carbocycles. The number of nitrogen functional groups attached to an aromatic ring is 1. The summed E-state index contributed by atoms with van der Waals surface area (Å²) < 4.78 is 14.8. The van der Waals surface area contributed by atoms with Crippen molar-refractivity contribution in [3.63, 3.8) is 0 Å². The van der Waals surface area contributed by atoms with E-state index in [0.29, 0.717) is 17.7 Å². The van der Waals surface area contributed by atoms with Crippen LogP contribution in [0.5, 0.6) is 5.75 Å². The number of nitrogens with two attached hydrogens (primary N) is 1. The molecule has 0 saturated carbocycles. The molecule has 1 fully saturated rings. The fraction of sp³-hybridized carbons (Fsp3) is 0.700. The molecular weight excluding hydrogens is 226 g/mol. The van der Waals surface area contributed by atoms with Crippen molar-refractivity contribution in [1.82, 2.24) is 4.37 Å². The second-order valence-corrected chi connectivity index (χ2v) is 4.55. The van der Waals surface area contributed by atoms with Crippen LogP contribution < -0.4 is 15.8 Å². The first kappa shape index (κ1) is 11.5. The third kappa shape index (κ3) is 2.56.